The molecule has 1 N–H and O–H groups in total. The van der Waals surface area contributed by atoms with E-state index in [0.29, 0.717) is 36.1 Å². The summed E-state index contributed by atoms with van der Waals surface area (Å²) in [5.74, 6) is 0.735. The van der Waals surface area contributed by atoms with Gasteiger partial charge in [-0.3, -0.25) is 9.59 Å². The number of carbonyl (C=O) groups excluding carboxylic acids is 2. The summed E-state index contributed by atoms with van der Waals surface area (Å²) < 4.78 is 16.0. The molecule has 2 aromatic rings. The summed E-state index contributed by atoms with van der Waals surface area (Å²) in [6.45, 7) is 4.30. The van der Waals surface area contributed by atoms with E-state index in [1.807, 2.05) is 24.3 Å². The topological polar surface area (TPSA) is 80.3 Å². The lowest BCUT2D eigenvalue weighted by molar-refractivity contribution is -0.120. The smallest absolute Gasteiger partial charge is 0.244 e. The number of benzene rings is 2. The van der Waals surface area contributed by atoms with Crippen molar-refractivity contribution >= 4 is 28.9 Å². The van der Waals surface area contributed by atoms with E-state index in [2.05, 4.69) is 10.2 Å². The summed E-state index contributed by atoms with van der Waals surface area (Å²) >= 11 is 0. The third-order valence-electron chi connectivity index (χ3n) is 4.86. The lowest BCUT2D eigenvalue weighted by Gasteiger charge is -2.33. The minimum atomic E-state index is -0.296. The first-order valence-corrected chi connectivity index (χ1v) is 9.51. The van der Waals surface area contributed by atoms with Crippen molar-refractivity contribution in [3.05, 3.63) is 42.5 Å². The van der Waals surface area contributed by atoms with Gasteiger partial charge in [-0.05, 0) is 24.3 Å². The molecule has 2 aliphatic rings. The highest BCUT2D eigenvalue weighted by atomic mass is 16.7. The SMILES string of the molecule is CC(=O)N(CC(=O)Nc1ccc2c(c1)OCO2)c1ccccc1N1CCOCC1. The molecule has 0 atom stereocenters. The predicted molar refractivity (Wildman–Crippen MR) is 109 cm³/mol. The first kappa shape index (κ1) is 19.1. The van der Waals surface area contributed by atoms with Crippen molar-refractivity contribution in [1.82, 2.24) is 0 Å². The molecule has 1 fully saturated rings. The van der Waals surface area contributed by atoms with Gasteiger partial charge in [0, 0.05) is 31.8 Å². The maximum absolute atomic E-state index is 12.7. The summed E-state index contributed by atoms with van der Waals surface area (Å²) in [5, 5.41) is 2.82. The zero-order valence-electron chi connectivity index (χ0n) is 16.2. The number of rotatable bonds is 5. The number of nitrogens with one attached hydrogen (secondary N) is 1. The van der Waals surface area contributed by atoms with Gasteiger partial charge in [-0.15, -0.1) is 0 Å². The van der Waals surface area contributed by atoms with Crippen LogP contribution in [0.4, 0.5) is 17.1 Å². The quantitative estimate of drug-likeness (QED) is 0.834. The van der Waals surface area contributed by atoms with Crippen molar-refractivity contribution in [1.29, 1.82) is 0 Å². The molecule has 0 unspecified atom stereocenters. The van der Waals surface area contributed by atoms with Gasteiger partial charge in [0.05, 0.1) is 24.6 Å². The number of para-hydroxylation sites is 2. The molecule has 4 rings (SSSR count). The molecule has 29 heavy (non-hydrogen) atoms. The van der Waals surface area contributed by atoms with Gasteiger partial charge < -0.3 is 29.3 Å². The Bertz CT molecular complexity index is 911. The molecule has 152 valence electrons. The molecule has 0 bridgehead atoms. The van der Waals surface area contributed by atoms with Gasteiger partial charge in [-0.2, -0.15) is 0 Å². The Kier molecular flexibility index (Phi) is 5.53. The molecular weight excluding hydrogens is 374 g/mol. The van der Waals surface area contributed by atoms with Crippen molar-refractivity contribution in [2.75, 3.05) is 54.8 Å². The third kappa shape index (κ3) is 4.27. The summed E-state index contributed by atoms with van der Waals surface area (Å²) in [4.78, 5) is 28.7. The van der Waals surface area contributed by atoms with Crippen LogP contribution in [-0.4, -0.2) is 51.5 Å². The van der Waals surface area contributed by atoms with E-state index < -0.39 is 0 Å². The van der Waals surface area contributed by atoms with Crippen molar-refractivity contribution < 1.29 is 23.8 Å². The van der Waals surface area contributed by atoms with Crippen LogP contribution in [0, 0.1) is 0 Å². The molecule has 0 saturated carbocycles. The number of ether oxygens (including phenoxy) is 3. The van der Waals surface area contributed by atoms with Crippen molar-refractivity contribution in [3.63, 3.8) is 0 Å². The summed E-state index contributed by atoms with van der Waals surface area (Å²) in [6, 6.07) is 12.8. The fraction of sp³-hybridized carbons (Fsp3) is 0.333. The minimum absolute atomic E-state index is 0.0921. The van der Waals surface area contributed by atoms with E-state index in [-0.39, 0.29) is 25.2 Å². The van der Waals surface area contributed by atoms with Crippen LogP contribution in [0.25, 0.3) is 0 Å². The average Bonchev–Trinajstić information content (AvgIpc) is 3.20. The number of fused-ring (bicyclic) bond motifs is 1. The molecule has 2 heterocycles. The second-order valence-electron chi connectivity index (χ2n) is 6.81. The van der Waals surface area contributed by atoms with Crippen LogP contribution >= 0.6 is 0 Å². The fourth-order valence-electron chi connectivity index (χ4n) is 3.45. The highest BCUT2D eigenvalue weighted by Gasteiger charge is 2.23. The van der Waals surface area contributed by atoms with Gasteiger partial charge in [0.25, 0.3) is 0 Å². The van der Waals surface area contributed by atoms with Crippen LogP contribution in [-0.2, 0) is 14.3 Å². The summed E-state index contributed by atoms with van der Waals surface area (Å²) in [6.07, 6.45) is 0. The standard InChI is InChI=1S/C21H23N3O5/c1-15(25)24(18-5-3-2-4-17(18)23-8-10-27-11-9-23)13-21(26)22-16-6-7-19-20(12-16)29-14-28-19/h2-7,12H,8-11,13-14H2,1H3,(H,22,26). The van der Waals surface area contributed by atoms with E-state index in [1.165, 1.54) is 11.8 Å². The molecule has 2 aliphatic heterocycles. The Morgan fingerprint density at radius 1 is 1.07 bits per heavy atom. The van der Waals surface area contributed by atoms with Crippen LogP contribution in [0.15, 0.2) is 42.5 Å². The molecule has 0 aliphatic carbocycles. The summed E-state index contributed by atoms with van der Waals surface area (Å²) in [7, 11) is 0. The molecule has 2 amide bonds. The maximum atomic E-state index is 12.7. The van der Waals surface area contributed by atoms with Crippen LogP contribution in [0.2, 0.25) is 0 Å². The highest BCUT2D eigenvalue weighted by molar-refractivity contribution is 6.03. The van der Waals surface area contributed by atoms with Gasteiger partial charge in [0.15, 0.2) is 11.5 Å². The normalized spacial score (nSPS) is 15.1. The van der Waals surface area contributed by atoms with Gasteiger partial charge in [0.1, 0.15) is 6.54 Å². The Labute approximate surface area is 168 Å². The molecule has 0 spiro atoms. The van der Waals surface area contributed by atoms with E-state index in [1.54, 1.807) is 18.2 Å². The highest BCUT2D eigenvalue weighted by Crippen LogP contribution is 2.34. The van der Waals surface area contributed by atoms with Crippen molar-refractivity contribution in [2.45, 2.75) is 6.92 Å². The first-order valence-electron chi connectivity index (χ1n) is 9.51. The summed E-state index contributed by atoms with van der Waals surface area (Å²) in [5.41, 5.74) is 2.22. The Morgan fingerprint density at radius 2 is 1.83 bits per heavy atom. The van der Waals surface area contributed by atoms with Crippen LogP contribution in [0.5, 0.6) is 11.5 Å². The zero-order chi connectivity index (χ0) is 20.2. The Hall–Kier alpha value is -3.26. The number of carbonyl (C=O) groups is 2. The van der Waals surface area contributed by atoms with Crippen LogP contribution in [0.1, 0.15) is 6.92 Å². The lowest BCUT2D eigenvalue weighted by atomic mass is 10.2. The van der Waals surface area contributed by atoms with Crippen LogP contribution in [0.3, 0.4) is 0 Å². The second-order valence-corrected chi connectivity index (χ2v) is 6.81. The second kappa shape index (κ2) is 8.40. The average molecular weight is 397 g/mol. The van der Waals surface area contributed by atoms with E-state index in [0.717, 1.165) is 18.8 Å². The van der Waals surface area contributed by atoms with Gasteiger partial charge in [-0.25, -0.2) is 0 Å². The Morgan fingerprint density at radius 3 is 2.62 bits per heavy atom. The van der Waals surface area contributed by atoms with Gasteiger partial charge in [0.2, 0.25) is 18.6 Å². The van der Waals surface area contributed by atoms with Crippen molar-refractivity contribution in [2.24, 2.45) is 0 Å². The van der Waals surface area contributed by atoms with E-state index >= 15 is 0 Å². The number of hydrogen-bond acceptors (Lipinski definition) is 6. The maximum Gasteiger partial charge on any atom is 0.244 e. The third-order valence-corrected chi connectivity index (χ3v) is 4.86. The number of amides is 2. The minimum Gasteiger partial charge on any atom is -0.454 e. The molecule has 8 heteroatoms. The van der Waals surface area contributed by atoms with E-state index in [4.69, 9.17) is 14.2 Å². The van der Waals surface area contributed by atoms with Gasteiger partial charge >= 0.3 is 0 Å². The fourth-order valence-corrected chi connectivity index (χ4v) is 3.45. The number of hydrogen-bond donors (Lipinski definition) is 1. The number of anilines is 3. The molecular formula is C21H23N3O5. The molecule has 0 radical (unpaired) electrons. The predicted octanol–water partition coefficient (Wildman–Crippen LogP) is 2.24. The Balaban J connectivity index is 1.51. The monoisotopic (exact) mass is 397 g/mol. The lowest BCUT2D eigenvalue weighted by Crippen LogP contribution is -2.40. The molecule has 2 aromatic carbocycles. The van der Waals surface area contributed by atoms with E-state index in [9.17, 15) is 9.59 Å². The zero-order valence-corrected chi connectivity index (χ0v) is 16.2. The number of morpholine rings is 1. The molecule has 0 aromatic heterocycles. The molecule has 1 saturated heterocycles. The molecule has 8 nitrogen and oxygen atoms in total. The van der Waals surface area contributed by atoms with Crippen molar-refractivity contribution in [3.8, 4) is 11.5 Å². The first-order chi connectivity index (χ1) is 14.1. The van der Waals surface area contributed by atoms with Crippen LogP contribution < -0.4 is 24.6 Å². The largest absolute Gasteiger partial charge is 0.454 e. The van der Waals surface area contributed by atoms with Gasteiger partial charge in [-0.1, -0.05) is 12.1 Å². The number of nitrogens with zero attached hydrogens (tertiary/aromatic N) is 2.